The minimum atomic E-state index is -0.480. The lowest BCUT2D eigenvalue weighted by molar-refractivity contribution is -0.117. The van der Waals surface area contributed by atoms with Crippen molar-refractivity contribution in [1.29, 1.82) is 0 Å². The number of carbonyl (C=O) groups excluding carboxylic acids is 1. The summed E-state index contributed by atoms with van der Waals surface area (Å²) >= 11 is 11.9. The first-order chi connectivity index (χ1) is 8.40. The quantitative estimate of drug-likeness (QED) is 0.875. The molecule has 18 heavy (non-hydrogen) atoms. The lowest BCUT2D eigenvalue weighted by Crippen LogP contribution is -2.34. The maximum Gasteiger partial charge on any atom is 0.238 e. The molecule has 100 valence electrons. The van der Waals surface area contributed by atoms with Crippen molar-refractivity contribution in [3.8, 4) is 0 Å². The van der Waals surface area contributed by atoms with E-state index in [1.165, 1.54) is 0 Å². The Morgan fingerprint density at radius 2 is 2.00 bits per heavy atom. The number of nitrogens with one attached hydrogen (secondary N) is 1. The third-order valence-electron chi connectivity index (χ3n) is 2.22. The van der Waals surface area contributed by atoms with Crippen LogP contribution < -0.4 is 5.32 Å². The van der Waals surface area contributed by atoms with E-state index in [-0.39, 0.29) is 12.5 Å². The van der Waals surface area contributed by atoms with E-state index in [4.69, 9.17) is 23.2 Å². The fourth-order valence-corrected chi connectivity index (χ4v) is 2.05. The Balaban J connectivity index is 2.60. The molecule has 1 aromatic rings. The molecular weight excluding hydrogens is 275 g/mol. The van der Waals surface area contributed by atoms with Crippen LogP contribution in [0.2, 0.25) is 10.0 Å². The van der Waals surface area contributed by atoms with Crippen LogP contribution in [0.25, 0.3) is 0 Å². The summed E-state index contributed by atoms with van der Waals surface area (Å²) in [5.74, 6) is -0.229. The minimum absolute atomic E-state index is 0.159. The molecule has 6 heteroatoms. The SMILES string of the molecule is CC(O)CN(C)CC(=O)Nc1c(Cl)cccc1Cl. The lowest BCUT2D eigenvalue weighted by atomic mass is 10.3. The molecule has 1 unspecified atom stereocenters. The molecule has 0 aliphatic rings. The molecule has 1 rings (SSSR count). The molecule has 0 fully saturated rings. The Morgan fingerprint density at radius 1 is 1.44 bits per heavy atom. The Hall–Kier alpha value is -0.810. The maximum absolute atomic E-state index is 11.8. The summed E-state index contributed by atoms with van der Waals surface area (Å²) in [6.07, 6.45) is -0.480. The van der Waals surface area contributed by atoms with E-state index in [1.807, 2.05) is 0 Å². The largest absolute Gasteiger partial charge is 0.392 e. The van der Waals surface area contributed by atoms with Gasteiger partial charge >= 0.3 is 0 Å². The molecule has 1 atom stereocenters. The summed E-state index contributed by atoms with van der Waals surface area (Å²) < 4.78 is 0. The summed E-state index contributed by atoms with van der Waals surface area (Å²) in [7, 11) is 1.75. The topological polar surface area (TPSA) is 52.6 Å². The number of likely N-dealkylation sites (N-methyl/N-ethyl adjacent to an activating group) is 1. The van der Waals surface area contributed by atoms with Crippen molar-refractivity contribution in [2.24, 2.45) is 0 Å². The molecule has 4 nitrogen and oxygen atoms in total. The number of nitrogens with zero attached hydrogens (tertiary/aromatic N) is 1. The number of para-hydroxylation sites is 1. The third kappa shape index (κ3) is 4.82. The second kappa shape index (κ2) is 6.95. The third-order valence-corrected chi connectivity index (χ3v) is 2.85. The van der Waals surface area contributed by atoms with Gasteiger partial charge in [0, 0.05) is 6.54 Å². The second-order valence-electron chi connectivity index (χ2n) is 4.19. The van der Waals surface area contributed by atoms with E-state index in [0.29, 0.717) is 22.3 Å². The fourth-order valence-electron chi connectivity index (χ4n) is 1.56. The molecule has 0 bridgehead atoms. The Morgan fingerprint density at radius 3 is 2.50 bits per heavy atom. The first-order valence-corrected chi connectivity index (χ1v) is 6.26. The van der Waals surface area contributed by atoms with Crippen molar-refractivity contribution in [1.82, 2.24) is 4.90 Å². The minimum Gasteiger partial charge on any atom is -0.392 e. The standard InChI is InChI=1S/C12H16Cl2N2O2/c1-8(17)6-16(2)7-11(18)15-12-9(13)4-3-5-10(12)14/h3-5,8,17H,6-7H2,1-2H3,(H,15,18). The van der Waals surface area contributed by atoms with E-state index in [9.17, 15) is 9.90 Å². The van der Waals surface area contributed by atoms with Gasteiger partial charge in [0.25, 0.3) is 0 Å². The van der Waals surface area contributed by atoms with Gasteiger partial charge in [-0.15, -0.1) is 0 Å². The Kier molecular flexibility index (Phi) is 5.88. The van der Waals surface area contributed by atoms with Gasteiger partial charge in [0.1, 0.15) is 0 Å². The van der Waals surface area contributed by atoms with E-state index >= 15 is 0 Å². The maximum atomic E-state index is 11.8. The molecule has 1 aromatic carbocycles. The highest BCUT2D eigenvalue weighted by atomic mass is 35.5. The number of amides is 1. The molecule has 0 aliphatic heterocycles. The van der Waals surface area contributed by atoms with Crippen LogP contribution >= 0.6 is 23.2 Å². The molecule has 0 spiro atoms. The van der Waals surface area contributed by atoms with Gasteiger partial charge in [0.05, 0.1) is 28.4 Å². The number of hydrogen-bond acceptors (Lipinski definition) is 3. The van der Waals surface area contributed by atoms with Gasteiger partial charge in [0.2, 0.25) is 5.91 Å². The van der Waals surface area contributed by atoms with Crippen LogP contribution in [-0.2, 0) is 4.79 Å². The first-order valence-electron chi connectivity index (χ1n) is 5.50. The molecule has 2 N–H and O–H groups in total. The number of benzene rings is 1. The fraction of sp³-hybridized carbons (Fsp3) is 0.417. The van der Waals surface area contributed by atoms with Crippen molar-refractivity contribution in [2.45, 2.75) is 13.0 Å². The number of aliphatic hydroxyl groups is 1. The first kappa shape index (κ1) is 15.2. The monoisotopic (exact) mass is 290 g/mol. The number of aliphatic hydroxyl groups excluding tert-OH is 1. The Bertz CT molecular complexity index is 404. The zero-order valence-corrected chi connectivity index (χ0v) is 11.8. The Labute approximate surface area is 116 Å². The number of carbonyl (C=O) groups is 1. The molecule has 0 aliphatic carbocycles. The predicted molar refractivity (Wildman–Crippen MR) is 74.3 cm³/mol. The molecule has 0 saturated heterocycles. The highest BCUT2D eigenvalue weighted by Gasteiger charge is 2.12. The number of anilines is 1. The highest BCUT2D eigenvalue weighted by Crippen LogP contribution is 2.29. The van der Waals surface area contributed by atoms with Crippen LogP contribution in [0.4, 0.5) is 5.69 Å². The van der Waals surface area contributed by atoms with Crippen LogP contribution in [-0.4, -0.2) is 42.2 Å². The normalized spacial score (nSPS) is 12.6. The van der Waals surface area contributed by atoms with Gasteiger partial charge in [-0.05, 0) is 26.1 Å². The van der Waals surface area contributed by atoms with Gasteiger partial charge in [-0.2, -0.15) is 0 Å². The van der Waals surface area contributed by atoms with E-state index in [1.54, 1.807) is 37.1 Å². The number of halogens is 2. The van der Waals surface area contributed by atoms with Crippen molar-refractivity contribution in [3.05, 3.63) is 28.2 Å². The zero-order chi connectivity index (χ0) is 13.7. The predicted octanol–water partition coefficient (Wildman–Crippen LogP) is 2.24. The number of hydrogen-bond donors (Lipinski definition) is 2. The average Bonchev–Trinajstić information content (AvgIpc) is 2.22. The van der Waals surface area contributed by atoms with Gasteiger partial charge in [-0.1, -0.05) is 29.3 Å². The van der Waals surface area contributed by atoms with Crippen LogP contribution in [0.5, 0.6) is 0 Å². The molecule has 0 saturated carbocycles. The van der Waals surface area contributed by atoms with Gasteiger partial charge in [-0.25, -0.2) is 0 Å². The van der Waals surface area contributed by atoms with E-state index < -0.39 is 6.10 Å². The molecule has 1 amide bonds. The van der Waals surface area contributed by atoms with Crippen LogP contribution in [0.15, 0.2) is 18.2 Å². The van der Waals surface area contributed by atoms with Crippen LogP contribution in [0.3, 0.4) is 0 Å². The van der Waals surface area contributed by atoms with E-state index in [2.05, 4.69) is 5.32 Å². The van der Waals surface area contributed by atoms with Gasteiger partial charge in [0.15, 0.2) is 0 Å². The van der Waals surface area contributed by atoms with Gasteiger partial charge in [-0.3, -0.25) is 9.69 Å². The smallest absolute Gasteiger partial charge is 0.238 e. The van der Waals surface area contributed by atoms with Crippen molar-refractivity contribution < 1.29 is 9.90 Å². The molecule has 0 heterocycles. The summed E-state index contributed by atoms with van der Waals surface area (Å²) in [5, 5.41) is 12.6. The molecule has 0 radical (unpaired) electrons. The lowest BCUT2D eigenvalue weighted by Gasteiger charge is -2.18. The second-order valence-corrected chi connectivity index (χ2v) is 5.01. The number of rotatable bonds is 5. The average molecular weight is 291 g/mol. The van der Waals surface area contributed by atoms with Crippen molar-refractivity contribution in [3.63, 3.8) is 0 Å². The van der Waals surface area contributed by atoms with E-state index in [0.717, 1.165) is 0 Å². The summed E-state index contributed by atoms with van der Waals surface area (Å²) in [6, 6.07) is 5.02. The molecule has 0 aromatic heterocycles. The van der Waals surface area contributed by atoms with Crippen LogP contribution in [0, 0.1) is 0 Å². The summed E-state index contributed by atoms with van der Waals surface area (Å²) in [6.45, 7) is 2.25. The summed E-state index contributed by atoms with van der Waals surface area (Å²) in [5.41, 5.74) is 0.413. The highest BCUT2D eigenvalue weighted by molar-refractivity contribution is 6.39. The molecular formula is C12H16Cl2N2O2. The zero-order valence-electron chi connectivity index (χ0n) is 10.3. The van der Waals surface area contributed by atoms with Crippen LogP contribution in [0.1, 0.15) is 6.92 Å². The summed E-state index contributed by atoms with van der Waals surface area (Å²) in [4.78, 5) is 13.5. The van der Waals surface area contributed by atoms with Crippen molar-refractivity contribution in [2.75, 3.05) is 25.5 Å². The van der Waals surface area contributed by atoms with Gasteiger partial charge < -0.3 is 10.4 Å². The van der Waals surface area contributed by atoms with Crippen molar-refractivity contribution >= 4 is 34.8 Å².